The third kappa shape index (κ3) is 4.59. The number of aliphatic hydroxyl groups is 1. The quantitative estimate of drug-likeness (QED) is 0.459. The standard InChI is InChI=1S/C6H8Cl2O/c1-6(9,5-8)3-2-4-7/h9H,4-5H2,1H3. The Morgan fingerprint density at radius 1 is 1.56 bits per heavy atom. The van der Waals surface area contributed by atoms with Gasteiger partial charge in [-0.15, -0.1) is 23.2 Å². The van der Waals surface area contributed by atoms with Crippen LogP contribution in [0.1, 0.15) is 6.92 Å². The molecule has 0 amide bonds. The molecule has 0 saturated heterocycles. The van der Waals surface area contributed by atoms with Crippen molar-refractivity contribution in [2.24, 2.45) is 0 Å². The Morgan fingerprint density at radius 3 is 2.44 bits per heavy atom. The molecule has 52 valence electrons. The number of hydrogen-bond donors (Lipinski definition) is 1. The highest BCUT2D eigenvalue weighted by Crippen LogP contribution is 2.02. The third-order valence-corrected chi connectivity index (χ3v) is 1.34. The lowest BCUT2D eigenvalue weighted by Crippen LogP contribution is -2.23. The molecule has 1 N–H and O–H groups in total. The molecule has 3 heteroatoms. The van der Waals surface area contributed by atoms with E-state index < -0.39 is 5.60 Å². The van der Waals surface area contributed by atoms with Gasteiger partial charge in [0.1, 0.15) is 5.60 Å². The number of rotatable bonds is 1. The topological polar surface area (TPSA) is 20.2 Å². The van der Waals surface area contributed by atoms with Gasteiger partial charge in [0, 0.05) is 0 Å². The van der Waals surface area contributed by atoms with Crippen molar-refractivity contribution < 1.29 is 5.11 Å². The average Bonchev–Trinajstić information content (AvgIpc) is 1.84. The van der Waals surface area contributed by atoms with Crippen molar-refractivity contribution in [2.75, 3.05) is 11.8 Å². The lowest BCUT2D eigenvalue weighted by molar-refractivity contribution is 0.147. The summed E-state index contributed by atoms with van der Waals surface area (Å²) in [7, 11) is 0. The second-order valence-corrected chi connectivity index (χ2v) is 2.38. The highest BCUT2D eigenvalue weighted by Gasteiger charge is 2.13. The van der Waals surface area contributed by atoms with E-state index in [1.54, 1.807) is 6.92 Å². The fourth-order valence-corrected chi connectivity index (χ4v) is 0.391. The minimum absolute atomic E-state index is 0.108. The number of halogens is 2. The van der Waals surface area contributed by atoms with E-state index in [2.05, 4.69) is 11.8 Å². The van der Waals surface area contributed by atoms with E-state index >= 15 is 0 Å². The van der Waals surface area contributed by atoms with Crippen LogP contribution in [0, 0.1) is 11.8 Å². The van der Waals surface area contributed by atoms with Crippen molar-refractivity contribution >= 4 is 23.2 Å². The van der Waals surface area contributed by atoms with Crippen LogP contribution < -0.4 is 0 Å². The smallest absolute Gasteiger partial charge is 0.136 e. The van der Waals surface area contributed by atoms with Gasteiger partial charge >= 0.3 is 0 Å². The zero-order chi connectivity index (χ0) is 7.33. The first-order valence-electron chi connectivity index (χ1n) is 2.47. The molecule has 1 nitrogen and oxygen atoms in total. The fourth-order valence-electron chi connectivity index (χ4n) is 0.257. The van der Waals surface area contributed by atoms with Gasteiger partial charge in [0.25, 0.3) is 0 Å². The first-order valence-corrected chi connectivity index (χ1v) is 3.53. The van der Waals surface area contributed by atoms with Gasteiger partial charge in [-0.3, -0.25) is 0 Å². The lowest BCUT2D eigenvalue weighted by Gasteiger charge is -2.09. The van der Waals surface area contributed by atoms with Gasteiger partial charge < -0.3 is 5.11 Å². The Morgan fingerprint density at radius 2 is 2.11 bits per heavy atom. The molecule has 0 aromatic rings. The Kier molecular flexibility index (Phi) is 4.05. The molecule has 0 aliphatic carbocycles. The SMILES string of the molecule is CC(O)(C#CCCl)CCl. The summed E-state index contributed by atoms with van der Waals surface area (Å²) in [6.45, 7) is 1.54. The Hall–Kier alpha value is 0.100. The third-order valence-electron chi connectivity index (χ3n) is 0.685. The molecule has 0 saturated carbocycles. The van der Waals surface area contributed by atoms with Crippen LogP contribution in [0.3, 0.4) is 0 Å². The average molecular weight is 167 g/mol. The maximum atomic E-state index is 9.09. The molecule has 0 aliphatic rings. The van der Waals surface area contributed by atoms with Crippen LogP contribution in [0.5, 0.6) is 0 Å². The second-order valence-electron chi connectivity index (χ2n) is 1.84. The summed E-state index contributed by atoms with van der Waals surface area (Å²) in [6.07, 6.45) is 0. The largest absolute Gasteiger partial charge is 0.377 e. The van der Waals surface area contributed by atoms with Crippen LogP contribution in [-0.4, -0.2) is 22.5 Å². The van der Waals surface area contributed by atoms with Crippen LogP contribution >= 0.6 is 23.2 Å². The summed E-state index contributed by atoms with van der Waals surface area (Å²) in [5, 5.41) is 9.09. The molecule has 0 aromatic heterocycles. The van der Waals surface area contributed by atoms with Crippen molar-refractivity contribution in [3.05, 3.63) is 0 Å². The van der Waals surface area contributed by atoms with E-state index in [9.17, 15) is 0 Å². The van der Waals surface area contributed by atoms with Gasteiger partial charge in [0.05, 0.1) is 11.8 Å². The highest BCUT2D eigenvalue weighted by atomic mass is 35.5. The summed E-state index contributed by atoms with van der Waals surface area (Å²) < 4.78 is 0. The molecule has 0 aromatic carbocycles. The molecule has 1 unspecified atom stereocenters. The molecule has 0 fully saturated rings. The molecule has 0 radical (unpaired) electrons. The fraction of sp³-hybridized carbons (Fsp3) is 0.667. The predicted molar refractivity (Wildman–Crippen MR) is 39.8 cm³/mol. The monoisotopic (exact) mass is 166 g/mol. The Labute approximate surface area is 65.0 Å². The van der Waals surface area contributed by atoms with Gasteiger partial charge in [-0.05, 0) is 6.92 Å². The summed E-state index contributed by atoms with van der Waals surface area (Å²) in [5.41, 5.74) is -1.09. The highest BCUT2D eigenvalue weighted by molar-refractivity contribution is 6.19. The van der Waals surface area contributed by atoms with Crippen LogP contribution in [0.15, 0.2) is 0 Å². The van der Waals surface area contributed by atoms with Crippen LogP contribution in [-0.2, 0) is 0 Å². The van der Waals surface area contributed by atoms with Crippen LogP contribution in [0.2, 0.25) is 0 Å². The van der Waals surface area contributed by atoms with Gasteiger partial charge in [-0.1, -0.05) is 11.8 Å². The zero-order valence-electron chi connectivity index (χ0n) is 5.12. The predicted octanol–water partition coefficient (Wildman–Crippen LogP) is 1.22. The van der Waals surface area contributed by atoms with E-state index in [1.165, 1.54) is 0 Å². The maximum Gasteiger partial charge on any atom is 0.136 e. The summed E-state index contributed by atoms with van der Waals surface area (Å²) in [6, 6.07) is 0. The van der Waals surface area contributed by atoms with E-state index in [-0.39, 0.29) is 11.8 Å². The first-order chi connectivity index (χ1) is 4.12. The van der Waals surface area contributed by atoms with Gasteiger partial charge in [0.15, 0.2) is 0 Å². The minimum Gasteiger partial charge on any atom is -0.377 e. The normalized spacial score (nSPS) is 15.6. The molecule has 0 bridgehead atoms. The first kappa shape index (κ1) is 9.10. The van der Waals surface area contributed by atoms with E-state index in [1.807, 2.05) is 0 Å². The summed E-state index contributed by atoms with van der Waals surface area (Å²) in [5.74, 6) is 5.36. The van der Waals surface area contributed by atoms with Crippen LogP contribution in [0.25, 0.3) is 0 Å². The maximum absolute atomic E-state index is 9.09. The molecular formula is C6H8Cl2O. The lowest BCUT2D eigenvalue weighted by atomic mass is 10.1. The van der Waals surface area contributed by atoms with Crippen molar-refractivity contribution in [3.63, 3.8) is 0 Å². The Bertz CT molecular complexity index is 132. The molecule has 0 aliphatic heterocycles. The van der Waals surface area contributed by atoms with E-state index in [0.29, 0.717) is 0 Å². The zero-order valence-corrected chi connectivity index (χ0v) is 6.63. The summed E-state index contributed by atoms with van der Waals surface area (Å²) in [4.78, 5) is 0. The van der Waals surface area contributed by atoms with Crippen molar-refractivity contribution in [2.45, 2.75) is 12.5 Å². The molecule has 0 heterocycles. The summed E-state index contributed by atoms with van der Waals surface area (Å²) >= 11 is 10.6. The molecule has 9 heavy (non-hydrogen) atoms. The number of hydrogen-bond acceptors (Lipinski definition) is 1. The van der Waals surface area contributed by atoms with Crippen LogP contribution in [0.4, 0.5) is 0 Å². The molecule has 0 spiro atoms. The molecular weight excluding hydrogens is 159 g/mol. The minimum atomic E-state index is -1.09. The molecule has 1 atom stereocenters. The van der Waals surface area contributed by atoms with Crippen molar-refractivity contribution in [1.29, 1.82) is 0 Å². The van der Waals surface area contributed by atoms with Gasteiger partial charge in [-0.2, -0.15) is 0 Å². The molecule has 0 rings (SSSR count). The van der Waals surface area contributed by atoms with E-state index in [4.69, 9.17) is 28.3 Å². The second kappa shape index (κ2) is 4.00. The van der Waals surface area contributed by atoms with Crippen molar-refractivity contribution in [3.8, 4) is 11.8 Å². The van der Waals surface area contributed by atoms with Gasteiger partial charge in [0.2, 0.25) is 0 Å². The Balaban J connectivity index is 3.84. The van der Waals surface area contributed by atoms with E-state index in [0.717, 1.165) is 0 Å². The number of alkyl halides is 2. The van der Waals surface area contributed by atoms with Gasteiger partial charge in [-0.25, -0.2) is 0 Å². The van der Waals surface area contributed by atoms with Crippen molar-refractivity contribution in [1.82, 2.24) is 0 Å².